The molecule has 7 nitrogen and oxygen atoms in total. The first-order valence-corrected chi connectivity index (χ1v) is 8.48. The highest BCUT2D eigenvalue weighted by Gasteiger charge is 2.31. The van der Waals surface area contributed by atoms with E-state index in [0.29, 0.717) is 19.1 Å². The maximum absolute atomic E-state index is 11.8. The van der Waals surface area contributed by atoms with E-state index in [0.717, 1.165) is 24.6 Å². The van der Waals surface area contributed by atoms with Gasteiger partial charge in [-0.15, -0.1) is 0 Å². The Kier molecular flexibility index (Phi) is 3.12. The number of hydrogen-bond donors (Lipinski definition) is 1. The Morgan fingerprint density at radius 1 is 1.16 bits per heavy atom. The molecule has 3 aromatic rings. The number of nitrogens with one attached hydrogen (secondary N) is 1. The van der Waals surface area contributed by atoms with Gasteiger partial charge in [0, 0.05) is 44.0 Å². The molecule has 0 radical (unpaired) electrons. The lowest BCUT2D eigenvalue weighted by molar-refractivity contribution is 0.252. The third-order valence-corrected chi connectivity index (χ3v) is 4.94. The summed E-state index contributed by atoms with van der Waals surface area (Å²) < 4.78 is 1.96. The molecule has 2 aliphatic heterocycles. The van der Waals surface area contributed by atoms with E-state index >= 15 is 0 Å². The maximum Gasteiger partial charge on any atom is 0.322 e. The Balaban J connectivity index is 1.33. The number of benzene rings is 1. The van der Waals surface area contributed by atoms with Crippen LogP contribution in [0.5, 0.6) is 0 Å². The Hall–Kier alpha value is -3.09. The first kappa shape index (κ1) is 14.3. The molecule has 0 spiro atoms. The van der Waals surface area contributed by atoms with Crippen LogP contribution in [0, 0.1) is 0 Å². The van der Waals surface area contributed by atoms with Crippen LogP contribution in [0.25, 0.3) is 10.8 Å². The standard InChI is InChI=1S/C18H18N6O/c25-18-20-7-8-23(18)14-9-21-24(12-14)15-10-22(11-15)17-16-4-2-1-3-13(16)5-6-19-17/h1-6,9,12,15H,7-8,10-11H2,(H,20,25). The molecule has 0 bridgehead atoms. The minimum absolute atomic E-state index is 0.0465. The number of carbonyl (C=O) groups excluding carboxylic acids is 1. The van der Waals surface area contributed by atoms with Crippen LogP contribution in [0.1, 0.15) is 6.04 Å². The molecule has 2 aliphatic rings. The largest absolute Gasteiger partial charge is 0.352 e. The number of urea groups is 1. The van der Waals surface area contributed by atoms with Gasteiger partial charge in [-0.3, -0.25) is 9.58 Å². The fraction of sp³-hybridized carbons (Fsp3) is 0.278. The Bertz CT molecular complexity index is 940. The number of anilines is 2. The fourth-order valence-electron chi connectivity index (χ4n) is 3.54. The number of nitrogens with zero attached hydrogens (tertiary/aromatic N) is 5. The van der Waals surface area contributed by atoms with Crippen LogP contribution in [-0.4, -0.2) is 47.0 Å². The van der Waals surface area contributed by atoms with Crippen molar-refractivity contribution in [1.82, 2.24) is 20.1 Å². The third-order valence-electron chi connectivity index (χ3n) is 4.94. The average Bonchev–Trinajstić information content (AvgIpc) is 3.23. The molecular formula is C18H18N6O. The first-order chi connectivity index (χ1) is 12.3. The van der Waals surface area contributed by atoms with Crippen LogP contribution in [0.4, 0.5) is 16.3 Å². The number of aromatic nitrogens is 3. The molecule has 0 atom stereocenters. The summed E-state index contributed by atoms with van der Waals surface area (Å²) in [4.78, 5) is 20.3. The molecule has 4 heterocycles. The highest BCUT2D eigenvalue weighted by molar-refractivity contribution is 5.94. The summed E-state index contributed by atoms with van der Waals surface area (Å²) in [7, 11) is 0. The third kappa shape index (κ3) is 2.31. The number of pyridine rings is 1. The van der Waals surface area contributed by atoms with E-state index in [2.05, 4.69) is 32.4 Å². The summed E-state index contributed by atoms with van der Waals surface area (Å²) in [6.45, 7) is 3.12. The molecular weight excluding hydrogens is 316 g/mol. The van der Waals surface area contributed by atoms with E-state index in [-0.39, 0.29) is 6.03 Å². The van der Waals surface area contributed by atoms with E-state index in [1.807, 2.05) is 35.3 Å². The van der Waals surface area contributed by atoms with Crippen LogP contribution in [-0.2, 0) is 0 Å². The smallest absolute Gasteiger partial charge is 0.322 e. The van der Waals surface area contributed by atoms with E-state index < -0.39 is 0 Å². The topological polar surface area (TPSA) is 66.3 Å². The van der Waals surface area contributed by atoms with Gasteiger partial charge in [-0.25, -0.2) is 9.78 Å². The maximum atomic E-state index is 11.8. The molecule has 126 valence electrons. The van der Waals surface area contributed by atoms with Gasteiger partial charge in [0.05, 0.1) is 17.9 Å². The Morgan fingerprint density at radius 3 is 2.88 bits per heavy atom. The zero-order valence-electron chi connectivity index (χ0n) is 13.7. The van der Waals surface area contributed by atoms with Gasteiger partial charge in [-0.05, 0) is 11.5 Å². The van der Waals surface area contributed by atoms with Crippen molar-refractivity contribution in [2.45, 2.75) is 6.04 Å². The summed E-state index contributed by atoms with van der Waals surface area (Å²) in [6.07, 6.45) is 5.59. The van der Waals surface area contributed by atoms with Crippen molar-refractivity contribution in [1.29, 1.82) is 0 Å². The van der Waals surface area contributed by atoms with Crippen molar-refractivity contribution in [2.75, 3.05) is 36.0 Å². The van der Waals surface area contributed by atoms with E-state index in [4.69, 9.17) is 0 Å². The molecule has 1 aromatic carbocycles. The zero-order valence-corrected chi connectivity index (χ0v) is 13.7. The number of amides is 2. The molecule has 25 heavy (non-hydrogen) atoms. The second-order valence-corrected chi connectivity index (χ2v) is 6.48. The van der Waals surface area contributed by atoms with Gasteiger partial charge in [0.25, 0.3) is 0 Å². The van der Waals surface area contributed by atoms with Crippen LogP contribution in [0.15, 0.2) is 48.9 Å². The predicted molar refractivity (Wildman–Crippen MR) is 96.0 cm³/mol. The molecule has 7 heteroatoms. The number of carbonyl (C=O) groups is 1. The number of rotatable bonds is 3. The van der Waals surface area contributed by atoms with Crippen LogP contribution >= 0.6 is 0 Å². The van der Waals surface area contributed by atoms with Gasteiger partial charge in [0.1, 0.15) is 5.82 Å². The second-order valence-electron chi connectivity index (χ2n) is 6.48. The molecule has 0 unspecified atom stereocenters. The second kappa shape index (κ2) is 5.47. The fourth-order valence-corrected chi connectivity index (χ4v) is 3.54. The monoisotopic (exact) mass is 334 g/mol. The molecule has 0 aliphatic carbocycles. The summed E-state index contributed by atoms with van der Waals surface area (Å²) in [5.41, 5.74) is 0.858. The van der Waals surface area contributed by atoms with E-state index in [1.54, 1.807) is 11.1 Å². The Labute approximate surface area is 144 Å². The molecule has 2 aromatic heterocycles. The predicted octanol–water partition coefficient (Wildman–Crippen LogP) is 2.02. The van der Waals surface area contributed by atoms with Crippen LogP contribution in [0.3, 0.4) is 0 Å². The zero-order chi connectivity index (χ0) is 16.8. The highest BCUT2D eigenvalue weighted by Crippen LogP contribution is 2.32. The number of hydrogen-bond acceptors (Lipinski definition) is 4. The molecule has 5 rings (SSSR count). The van der Waals surface area contributed by atoms with Crippen LogP contribution in [0.2, 0.25) is 0 Å². The molecule has 0 saturated carbocycles. The molecule has 2 saturated heterocycles. The van der Waals surface area contributed by atoms with Crippen molar-refractivity contribution >= 4 is 28.3 Å². The first-order valence-electron chi connectivity index (χ1n) is 8.48. The lowest BCUT2D eigenvalue weighted by Crippen LogP contribution is -2.48. The van der Waals surface area contributed by atoms with Gasteiger partial charge in [0.2, 0.25) is 0 Å². The summed E-state index contributed by atoms with van der Waals surface area (Å²) >= 11 is 0. The van der Waals surface area contributed by atoms with Gasteiger partial charge in [-0.2, -0.15) is 5.10 Å². The lowest BCUT2D eigenvalue weighted by atomic mass is 10.1. The minimum atomic E-state index is -0.0465. The van der Waals surface area contributed by atoms with Crippen molar-refractivity contribution in [2.24, 2.45) is 0 Å². The quantitative estimate of drug-likeness (QED) is 0.796. The van der Waals surface area contributed by atoms with Crippen molar-refractivity contribution in [3.63, 3.8) is 0 Å². The van der Waals surface area contributed by atoms with Crippen molar-refractivity contribution in [3.8, 4) is 0 Å². The van der Waals surface area contributed by atoms with Crippen LogP contribution < -0.4 is 15.1 Å². The Morgan fingerprint density at radius 2 is 2.04 bits per heavy atom. The summed E-state index contributed by atoms with van der Waals surface area (Å²) in [5, 5.41) is 9.65. The van der Waals surface area contributed by atoms with E-state index in [1.165, 1.54) is 10.8 Å². The van der Waals surface area contributed by atoms with Gasteiger partial charge >= 0.3 is 6.03 Å². The summed E-state index contributed by atoms with van der Waals surface area (Å²) in [5.74, 6) is 1.03. The minimum Gasteiger partial charge on any atom is -0.352 e. The van der Waals surface area contributed by atoms with Crippen molar-refractivity contribution < 1.29 is 4.79 Å². The van der Waals surface area contributed by atoms with Crippen molar-refractivity contribution in [3.05, 3.63) is 48.9 Å². The number of fused-ring (bicyclic) bond motifs is 1. The molecule has 1 N–H and O–H groups in total. The average molecular weight is 334 g/mol. The van der Waals surface area contributed by atoms with Gasteiger partial charge in [-0.1, -0.05) is 24.3 Å². The normalized spacial score (nSPS) is 17.8. The summed E-state index contributed by atoms with van der Waals surface area (Å²) in [6, 6.07) is 10.6. The highest BCUT2D eigenvalue weighted by atomic mass is 16.2. The SMILES string of the molecule is O=C1NCCN1c1cnn(C2CN(c3nccc4ccccc34)C2)c1. The molecule has 2 amide bonds. The van der Waals surface area contributed by atoms with E-state index in [9.17, 15) is 4.79 Å². The van der Waals surface area contributed by atoms with Gasteiger partial charge < -0.3 is 10.2 Å². The molecule has 2 fully saturated rings. The van der Waals surface area contributed by atoms with Gasteiger partial charge in [0.15, 0.2) is 0 Å². The lowest BCUT2D eigenvalue weighted by Gasteiger charge is -2.40.